The lowest BCUT2D eigenvalue weighted by Gasteiger charge is -2.47. The van der Waals surface area contributed by atoms with Crippen molar-refractivity contribution in [3.05, 3.63) is 35.8 Å². The van der Waals surface area contributed by atoms with Crippen LogP contribution in [0.25, 0.3) is 10.9 Å². The average molecular weight is 499 g/mol. The smallest absolute Gasteiger partial charge is 0.191 e. The highest BCUT2D eigenvalue weighted by Crippen LogP contribution is 2.32. The lowest BCUT2D eigenvalue weighted by Crippen LogP contribution is -2.56. The summed E-state index contributed by atoms with van der Waals surface area (Å²) in [6.07, 6.45) is 9.17. The Morgan fingerprint density at radius 3 is 2.75 bits per heavy atom. The Kier molecular flexibility index (Phi) is 7.20. The van der Waals surface area contributed by atoms with Crippen LogP contribution in [0.3, 0.4) is 0 Å². The molecule has 28 heavy (non-hydrogen) atoms. The predicted molar refractivity (Wildman–Crippen MR) is 124 cm³/mol. The van der Waals surface area contributed by atoms with Crippen molar-refractivity contribution < 1.29 is 4.39 Å². The maximum absolute atomic E-state index is 13.5. The summed E-state index contributed by atoms with van der Waals surface area (Å²) >= 11 is 0. The van der Waals surface area contributed by atoms with Gasteiger partial charge in [-0.1, -0.05) is 6.42 Å². The number of nitrogens with one attached hydrogen (secondary N) is 3. The Morgan fingerprint density at radius 2 is 2.04 bits per heavy atom. The maximum atomic E-state index is 13.5. The summed E-state index contributed by atoms with van der Waals surface area (Å²) in [4.78, 5) is 10.2. The van der Waals surface area contributed by atoms with Crippen LogP contribution in [0.4, 0.5) is 4.39 Å². The third-order valence-corrected chi connectivity index (χ3v) is 6.32. The molecular formula is C21H31FIN5. The summed E-state index contributed by atoms with van der Waals surface area (Å²) in [5.41, 5.74) is 2.10. The molecule has 0 saturated carbocycles. The highest BCUT2D eigenvalue weighted by molar-refractivity contribution is 14.0. The number of guanidine groups is 1. The van der Waals surface area contributed by atoms with Crippen molar-refractivity contribution in [2.45, 2.75) is 56.7 Å². The Bertz CT molecular complexity index is 806. The molecule has 7 heteroatoms. The third kappa shape index (κ3) is 4.62. The number of benzene rings is 1. The molecule has 2 fully saturated rings. The first kappa shape index (κ1) is 21.4. The summed E-state index contributed by atoms with van der Waals surface area (Å²) in [7, 11) is 4.11. The molecule has 2 aromatic rings. The summed E-state index contributed by atoms with van der Waals surface area (Å²) in [5.74, 6) is 0.676. The van der Waals surface area contributed by atoms with Crippen LogP contribution in [-0.2, 0) is 6.42 Å². The van der Waals surface area contributed by atoms with E-state index < -0.39 is 0 Å². The second kappa shape index (κ2) is 9.43. The summed E-state index contributed by atoms with van der Waals surface area (Å²) < 4.78 is 13.5. The molecule has 2 aliphatic heterocycles. The van der Waals surface area contributed by atoms with Crippen LogP contribution in [0, 0.1) is 5.82 Å². The number of fused-ring (bicyclic) bond motifs is 3. The van der Waals surface area contributed by atoms with Crippen LogP contribution in [0.1, 0.15) is 37.7 Å². The van der Waals surface area contributed by atoms with Crippen LogP contribution < -0.4 is 10.6 Å². The summed E-state index contributed by atoms with van der Waals surface area (Å²) in [6, 6.07) is 6.78. The van der Waals surface area contributed by atoms with Gasteiger partial charge >= 0.3 is 0 Å². The fourth-order valence-corrected chi connectivity index (χ4v) is 4.79. The lowest BCUT2D eigenvalue weighted by molar-refractivity contribution is 0.0526. The topological polar surface area (TPSA) is 55.5 Å². The Labute approximate surface area is 183 Å². The lowest BCUT2D eigenvalue weighted by atomic mass is 9.82. The zero-order valence-corrected chi connectivity index (χ0v) is 19.0. The van der Waals surface area contributed by atoms with E-state index in [2.05, 4.69) is 32.6 Å². The number of piperidine rings is 2. The van der Waals surface area contributed by atoms with Crippen LogP contribution in [0.5, 0.6) is 0 Å². The molecule has 154 valence electrons. The standard InChI is InChI=1S/C21H30FN5.HI/c1-23-21(26-16-11-17-4-3-5-18(12-16)27(17)2)24-9-8-14-13-25-20-7-6-15(22)10-19(14)20;/h6-7,10,13,16-18,25H,3-5,8-9,11-12H2,1-2H3,(H2,23,24,26);1H. The number of hydrogen-bond acceptors (Lipinski definition) is 2. The first-order chi connectivity index (χ1) is 13.1. The van der Waals surface area contributed by atoms with Crippen molar-refractivity contribution in [2.75, 3.05) is 20.6 Å². The van der Waals surface area contributed by atoms with Gasteiger partial charge in [-0.3, -0.25) is 4.99 Å². The Balaban J connectivity index is 0.00000225. The third-order valence-electron chi connectivity index (χ3n) is 6.32. The fourth-order valence-electron chi connectivity index (χ4n) is 4.79. The molecule has 2 aliphatic rings. The molecule has 0 radical (unpaired) electrons. The minimum absolute atomic E-state index is 0. The molecule has 0 aliphatic carbocycles. The van der Waals surface area contributed by atoms with Gasteiger partial charge in [0.25, 0.3) is 0 Å². The Hall–Kier alpha value is -1.35. The van der Waals surface area contributed by atoms with E-state index in [1.165, 1.54) is 38.2 Å². The molecule has 1 aromatic heterocycles. The highest BCUT2D eigenvalue weighted by Gasteiger charge is 2.36. The number of aromatic amines is 1. The van der Waals surface area contributed by atoms with E-state index >= 15 is 0 Å². The number of aliphatic imine (C=N–C) groups is 1. The van der Waals surface area contributed by atoms with Crippen molar-refractivity contribution in [1.82, 2.24) is 20.5 Å². The Morgan fingerprint density at radius 1 is 1.29 bits per heavy atom. The normalized spacial score (nSPS) is 25.4. The number of halogens is 2. The monoisotopic (exact) mass is 499 g/mol. The van der Waals surface area contributed by atoms with Gasteiger partial charge in [0.05, 0.1) is 0 Å². The van der Waals surface area contributed by atoms with Gasteiger partial charge in [0.15, 0.2) is 5.96 Å². The van der Waals surface area contributed by atoms with Gasteiger partial charge in [0, 0.05) is 48.8 Å². The van der Waals surface area contributed by atoms with Crippen molar-refractivity contribution >= 4 is 40.8 Å². The first-order valence-electron chi connectivity index (χ1n) is 10.1. The summed E-state index contributed by atoms with van der Waals surface area (Å²) in [5, 5.41) is 8.02. The number of nitrogens with zero attached hydrogens (tertiary/aromatic N) is 2. The van der Waals surface area contributed by atoms with Crippen molar-refractivity contribution in [2.24, 2.45) is 4.99 Å². The fraction of sp³-hybridized carbons (Fsp3) is 0.571. The molecule has 3 N–H and O–H groups in total. The average Bonchev–Trinajstić information content (AvgIpc) is 3.04. The molecule has 0 spiro atoms. The summed E-state index contributed by atoms with van der Waals surface area (Å²) in [6.45, 7) is 0.766. The number of hydrogen-bond donors (Lipinski definition) is 3. The predicted octanol–water partition coefficient (Wildman–Crippen LogP) is 3.65. The number of H-pyrrole nitrogens is 1. The minimum atomic E-state index is -0.193. The van der Waals surface area contributed by atoms with E-state index in [0.717, 1.165) is 35.4 Å². The van der Waals surface area contributed by atoms with Gasteiger partial charge in [-0.15, -0.1) is 24.0 Å². The van der Waals surface area contributed by atoms with Gasteiger partial charge in [-0.05, 0) is 62.9 Å². The van der Waals surface area contributed by atoms with Crippen LogP contribution in [0.15, 0.2) is 29.4 Å². The van der Waals surface area contributed by atoms with Crippen molar-refractivity contribution in [3.63, 3.8) is 0 Å². The van der Waals surface area contributed by atoms with E-state index in [4.69, 9.17) is 0 Å². The largest absolute Gasteiger partial charge is 0.361 e. The maximum Gasteiger partial charge on any atom is 0.191 e. The molecule has 3 heterocycles. The molecule has 2 bridgehead atoms. The minimum Gasteiger partial charge on any atom is -0.361 e. The van der Waals surface area contributed by atoms with Crippen LogP contribution >= 0.6 is 24.0 Å². The molecule has 1 aromatic carbocycles. The molecule has 0 amide bonds. The second-order valence-electron chi connectivity index (χ2n) is 7.97. The highest BCUT2D eigenvalue weighted by atomic mass is 127. The first-order valence-corrected chi connectivity index (χ1v) is 10.1. The van der Waals surface area contributed by atoms with Gasteiger partial charge in [0.1, 0.15) is 5.82 Å². The van der Waals surface area contributed by atoms with Crippen molar-refractivity contribution in [1.29, 1.82) is 0 Å². The van der Waals surface area contributed by atoms with Gasteiger partial charge in [-0.2, -0.15) is 0 Å². The van der Waals surface area contributed by atoms with Crippen LogP contribution in [0.2, 0.25) is 0 Å². The zero-order valence-electron chi connectivity index (χ0n) is 16.7. The molecule has 2 atom stereocenters. The van der Waals surface area contributed by atoms with Gasteiger partial charge in [0.2, 0.25) is 0 Å². The van der Waals surface area contributed by atoms with E-state index in [0.29, 0.717) is 18.1 Å². The molecule has 2 saturated heterocycles. The molecule has 4 rings (SSSR count). The van der Waals surface area contributed by atoms with Gasteiger partial charge < -0.3 is 20.5 Å². The zero-order chi connectivity index (χ0) is 18.8. The molecule has 5 nitrogen and oxygen atoms in total. The molecule has 2 unspecified atom stereocenters. The van der Waals surface area contributed by atoms with Crippen molar-refractivity contribution in [3.8, 4) is 0 Å². The van der Waals surface area contributed by atoms with E-state index in [9.17, 15) is 4.39 Å². The van der Waals surface area contributed by atoms with Gasteiger partial charge in [-0.25, -0.2) is 4.39 Å². The van der Waals surface area contributed by atoms with E-state index in [1.54, 1.807) is 12.1 Å². The number of aromatic nitrogens is 1. The molecular weight excluding hydrogens is 468 g/mol. The SMILES string of the molecule is CN=C(NCCc1c[nH]c2ccc(F)cc12)NC1CC2CCCC(C1)N2C.I. The second-order valence-corrected chi connectivity index (χ2v) is 7.97. The van der Waals surface area contributed by atoms with E-state index in [-0.39, 0.29) is 29.8 Å². The number of rotatable bonds is 4. The van der Waals surface area contributed by atoms with Crippen LogP contribution in [-0.4, -0.2) is 54.6 Å². The quantitative estimate of drug-likeness (QED) is 0.342. The van der Waals surface area contributed by atoms with E-state index in [1.807, 2.05) is 13.2 Å².